The molecule has 0 saturated heterocycles. The number of hydrogen-bond donors (Lipinski definition) is 2. The molecule has 1 atom stereocenters. The number of benzene rings is 2. The van der Waals surface area contributed by atoms with Crippen molar-refractivity contribution in [2.24, 2.45) is 0 Å². The molecule has 0 aliphatic rings. The van der Waals surface area contributed by atoms with Crippen LogP contribution in [0.3, 0.4) is 0 Å². The highest BCUT2D eigenvalue weighted by Gasteiger charge is 2.09. The van der Waals surface area contributed by atoms with Gasteiger partial charge in [-0.2, -0.15) is 0 Å². The standard InChI is InChI=1S/C18H23NO2/c1-14(2)19-12-16-10-6-7-11-18(16)21-13-17(20)15-8-4-3-5-9-15/h3-11,14,17,19-20H,12-13H2,1-2H3. The number of rotatable bonds is 7. The van der Waals surface area contributed by atoms with Gasteiger partial charge in [0.2, 0.25) is 0 Å². The Bertz CT molecular complexity index is 540. The van der Waals surface area contributed by atoms with E-state index in [1.165, 1.54) is 0 Å². The molecule has 0 fully saturated rings. The Kier molecular flexibility index (Phi) is 5.78. The Hall–Kier alpha value is -1.84. The van der Waals surface area contributed by atoms with Gasteiger partial charge in [0.15, 0.2) is 0 Å². The van der Waals surface area contributed by atoms with E-state index in [0.29, 0.717) is 6.04 Å². The molecule has 0 bridgehead atoms. The van der Waals surface area contributed by atoms with Crippen LogP contribution in [0, 0.1) is 0 Å². The zero-order valence-corrected chi connectivity index (χ0v) is 12.6. The Balaban J connectivity index is 1.96. The Morgan fingerprint density at radius 3 is 2.38 bits per heavy atom. The van der Waals surface area contributed by atoms with Crippen molar-refractivity contribution in [1.29, 1.82) is 0 Å². The molecule has 2 N–H and O–H groups in total. The van der Waals surface area contributed by atoms with Crippen LogP contribution in [0.15, 0.2) is 54.6 Å². The number of aliphatic hydroxyl groups is 1. The van der Waals surface area contributed by atoms with Gasteiger partial charge in [-0.25, -0.2) is 0 Å². The van der Waals surface area contributed by atoms with Crippen LogP contribution in [-0.4, -0.2) is 17.8 Å². The number of ether oxygens (including phenoxy) is 1. The van der Waals surface area contributed by atoms with Crippen LogP contribution in [0.4, 0.5) is 0 Å². The lowest BCUT2D eigenvalue weighted by Gasteiger charge is -2.16. The molecular weight excluding hydrogens is 262 g/mol. The van der Waals surface area contributed by atoms with E-state index in [2.05, 4.69) is 19.2 Å². The average Bonchev–Trinajstić information content (AvgIpc) is 2.52. The van der Waals surface area contributed by atoms with E-state index < -0.39 is 6.10 Å². The molecule has 2 aromatic rings. The van der Waals surface area contributed by atoms with E-state index >= 15 is 0 Å². The molecule has 0 spiro atoms. The summed E-state index contributed by atoms with van der Waals surface area (Å²) < 4.78 is 5.80. The fraction of sp³-hybridized carbons (Fsp3) is 0.333. The third kappa shape index (κ3) is 4.88. The van der Waals surface area contributed by atoms with Crippen molar-refractivity contribution in [3.8, 4) is 5.75 Å². The van der Waals surface area contributed by atoms with E-state index in [4.69, 9.17) is 4.74 Å². The number of aliphatic hydroxyl groups excluding tert-OH is 1. The van der Waals surface area contributed by atoms with Gasteiger partial charge in [0.25, 0.3) is 0 Å². The molecule has 0 heterocycles. The minimum absolute atomic E-state index is 0.253. The maximum Gasteiger partial charge on any atom is 0.123 e. The Morgan fingerprint density at radius 1 is 1.00 bits per heavy atom. The van der Waals surface area contributed by atoms with Gasteiger partial charge in [0.1, 0.15) is 18.5 Å². The summed E-state index contributed by atoms with van der Waals surface area (Å²) in [6, 6.07) is 17.9. The largest absolute Gasteiger partial charge is 0.490 e. The van der Waals surface area contributed by atoms with E-state index in [1.54, 1.807) is 0 Å². The first kappa shape index (κ1) is 15.5. The molecule has 2 aromatic carbocycles. The van der Waals surface area contributed by atoms with Gasteiger partial charge in [0, 0.05) is 18.2 Å². The molecule has 3 heteroatoms. The van der Waals surface area contributed by atoms with Gasteiger partial charge in [0.05, 0.1) is 0 Å². The minimum atomic E-state index is -0.614. The Morgan fingerprint density at radius 2 is 1.67 bits per heavy atom. The van der Waals surface area contributed by atoms with Gasteiger partial charge in [-0.1, -0.05) is 62.4 Å². The molecule has 3 nitrogen and oxygen atoms in total. The smallest absolute Gasteiger partial charge is 0.123 e. The second kappa shape index (κ2) is 7.81. The normalized spacial score (nSPS) is 12.4. The first-order chi connectivity index (χ1) is 10.2. The van der Waals surface area contributed by atoms with Crippen LogP contribution in [0.1, 0.15) is 31.1 Å². The second-order valence-corrected chi connectivity index (χ2v) is 5.38. The van der Waals surface area contributed by atoms with E-state index in [1.807, 2.05) is 54.6 Å². The van der Waals surface area contributed by atoms with Crippen molar-refractivity contribution >= 4 is 0 Å². The molecule has 0 aromatic heterocycles. The number of para-hydroxylation sites is 1. The van der Waals surface area contributed by atoms with Gasteiger partial charge >= 0.3 is 0 Å². The molecule has 0 amide bonds. The first-order valence-corrected chi connectivity index (χ1v) is 7.34. The fourth-order valence-electron chi connectivity index (χ4n) is 2.04. The predicted octanol–water partition coefficient (Wildman–Crippen LogP) is 3.30. The molecule has 1 unspecified atom stereocenters. The molecule has 0 saturated carbocycles. The van der Waals surface area contributed by atoms with Gasteiger partial charge in [-0.15, -0.1) is 0 Å². The summed E-state index contributed by atoms with van der Waals surface area (Å²) in [5.74, 6) is 0.820. The van der Waals surface area contributed by atoms with Gasteiger partial charge < -0.3 is 15.2 Å². The zero-order valence-electron chi connectivity index (χ0n) is 12.6. The van der Waals surface area contributed by atoms with Gasteiger partial charge in [-0.05, 0) is 11.6 Å². The lowest BCUT2D eigenvalue weighted by Crippen LogP contribution is -2.22. The van der Waals surface area contributed by atoms with E-state index in [0.717, 1.165) is 23.4 Å². The van der Waals surface area contributed by atoms with Crippen LogP contribution in [0.25, 0.3) is 0 Å². The SMILES string of the molecule is CC(C)NCc1ccccc1OCC(O)c1ccccc1. The zero-order chi connectivity index (χ0) is 15.1. The van der Waals surface area contributed by atoms with Crippen molar-refractivity contribution in [3.05, 3.63) is 65.7 Å². The highest BCUT2D eigenvalue weighted by molar-refractivity contribution is 5.33. The van der Waals surface area contributed by atoms with Gasteiger partial charge in [-0.3, -0.25) is 0 Å². The summed E-state index contributed by atoms with van der Waals surface area (Å²) >= 11 is 0. The summed E-state index contributed by atoms with van der Waals surface area (Å²) in [6.45, 7) is 5.24. The minimum Gasteiger partial charge on any atom is -0.490 e. The predicted molar refractivity (Wildman–Crippen MR) is 85.3 cm³/mol. The van der Waals surface area contributed by atoms with Crippen molar-refractivity contribution in [1.82, 2.24) is 5.32 Å². The summed E-state index contributed by atoms with van der Waals surface area (Å²) in [5, 5.41) is 13.5. The lowest BCUT2D eigenvalue weighted by molar-refractivity contribution is 0.107. The van der Waals surface area contributed by atoms with Crippen LogP contribution in [-0.2, 0) is 6.54 Å². The summed E-state index contributed by atoms with van der Waals surface area (Å²) in [5.41, 5.74) is 1.97. The first-order valence-electron chi connectivity index (χ1n) is 7.34. The molecule has 0 aliphatic carbocycles. The molecule has 112 valence electrons. The third-order valence-corrected chi connectivity index (χ3v) is 3.25. The highest BCUT2D eigenvalue weighted by Crippen LogP contribution is 2.20. The van der Waals surface area contributed by atoms with Crippen molar-refractivity contribution in [3.63, 3.8) is 0 Å². The maximum absolute atomic E-state index is 10.2. The molecule has 0 aliphatic heterocycles. The third-order valence-electron chi connectivity index (χ3n) is 3.25. The number of nitrogens with one attached hydrogen (secondary N) is 1. The van der Waals surface area contributed by atoms with E-state index in [9.17, 15) is 5.11 Å². The van der Waals surface area contributed by atoms with Crippen molar-refractivity contribution < 1.29 is 9.84 Å². The molecule has 2 rings (SSSR count). The van der Waals surface area contributed by atoms with Crippen molar-refractivity contribution in [2.45, 2.75) is 32.5 Å². The monoisotopic (exact) mass is 285 g/mol. The Labute approximate surface area is 126 Å². The second-order valence-electron chi connectivity index (χ2n) is 5.38. The van der Waals surface area contributed by atoms with Crippen LogP contribution in [0.2, 0.25) is 0 Å². The van der Waals surface area contributed by atoms with E-state index in [-0.39, 0.29) is 6.61 Å². The summed E-state index contributed by atoms with van der Waals surface area (Å²) in [7, 11) is 0. The fourth-order valence-corrected chi connectivity index (χ4v) is 2.04. The van der Waals surface area contributed by atoms with Crippen molar-refractivity contribution in [2.75, 3.05) is 6.61 Å². The lowest BCUT2D eigenvalue weighted by atomic mass is 10.1. The molecule has 0 radical (unpaired) electrons. The quantitative estimate of drug-likeness (QED) is 0.820. The van der Waals surface area contributed by atoms with Crippen LogP contribution < -0.4 is 10.1 Å². The number of hydrogen-bond acceptors (Lipinski definition) is 3. The highest BCUT2D eigenvalue weighted by atomic mass is 16.5. The molecular formula is C18H23NO2. The molecule has 21 heavy (non-hydrogen) atoms. The van der Waals surface area contributed by atoms with Crippen LogP contribution in [0.5, 0.6) is 5.75 Å². The maximum atomic E-state index is 10.2. The average molecular weight is 285 g/mol. The van der Waals surface area contributed by atoms with Crippen LogP contribution >= 0.6 is 0 Å². The topological polar surface area (TPSA) is 41.5 Å². The summed E-state index contributed by atoms with van der Waals surface area (Å²) in [4.78, 5) is 0. The summed E-state index contributed by atoms with van der Waals surface area (Å²) in [6.07, 6.45) is -0.614.